The van der Waals surface area contributed by atoms with E-state index in [0.717, 1.165) is 23.0 Å². The lowest BCUT2D eigenvalue weighted by Gasteiger charge is -1.90. The van der Waals surface area contributed by atoms with E-state index in [4.69, 9.17) is 5.73 Å². The highest BCUT2D eigenvalue weighted by molar-refractivity contribution is 5.82. The van der Waals surface area contributed by atoms with Crippen LogP contribution >= 0.6 is 0 Å². The molecule has 1 heterocycles. The zero-order valence-corrected chi connectivity index (χ0v) is 8.06. The number of hydrogen-bond donors (Lipinski definition) is 2. The first-order valence-corrected chi connectivity index (χ1v) is 4.67. The predicted molar refractivity (Wildman–Crippen MR) is 57.7 cm³/mol. The number of nitro groups is 1. The standard InChI is InChI=1S/C10H11N3O2/c11-4-3-8-5-7-6-9(13(14)15)1-2-10(7)12-8/h1-2,5-6,12H,3-4,11H2. The number of nitro benzene ring substituents is 1. The van der Waals surface area contributed by atoms with Gasteiger partial charge in [0.25, 0.3) is 5.69 Å². The molecule has 3 N–H and O–H groups in total. The second-order valence-electron chi connectivity index (χ2n) is 3.36. The normalized spacial score (nSPS) is 10.7. The van der Waals surface area contributed by atoms with Gasteiger partial charge in [0.15, 0.2) is 0 Å². The van der Waals surface area contributed by atoms with Gasteiger partial charge in [0.05, 0.1) is 4.92 Å². The van der Waals surface area contributed by atoms with Crippen molar-refractivity contribution in [3.8, 4) is 0 Å². The van der Waals surface area contributed by atoms with E-state index in [0.29, 0.717) is 6.54 Å². The van der Waals surface area contributed by atoms with Gasteiger partial charge in [-0.1, -0.05) is 0 Å². The number of aromatic amines is 1. The maximum Gasteiger partial charge on any atom is 0.270 e. The Morgan fingerprint density at radius 1 is 1.40 bits per heavy atom. The molecule has 1 aromatic carbocycles. The van der Waals surface area contributed by atoms with Crippen LogP contribution in [0.3, 0.4) is 0 Å². The molecule has 0 fully saturated rings. The highest BCUT2D eigenvalue weighted by atomic mass is 16.6. The van der Waals surface area contributed by atoms with Crippen LogP contribution in [0.2, 0.25) is 0 Å². The Bertz CT molecular complexity index is 504. The molecule has 2 aromatic rings. The summed E-state index contributed by atoms with van der Waals surface area (Å²) in [4.78, 5) is 13.3. The molecule has 78 valence electrons. The second-order valence-corrected chi connectivity index (χ2v) is 3.36. The average Bonchev–Trinajstić information content (AvgIpc) is 2.59. The fourth-order valence-corrected chi connectivity index (χ4v) is 1.58. The summed E-state index contributed by atoms with van der Waals surface area (Å²) in [7, 11) is 0. The maximum absolute atomic E-state index is 10.6. The second kappa shape index (κ2) is 3.70. The third kappa shape index (κ3) is 1.82. The minimum atomic E-state index is -0.394. The number of fused-ring (bicyclic) bond motifs is 1. The van der Waals surface area contributed by atoms with E-state index in [2.05, 4.69) is 4.98 Å². The summed E-state index contributed by atoms with van der Waals surface area (Å²) in [5, 5.41) is 11.4. The molecule has 0 unspecified atom stereocenters. The monoisotopic (exact) mass is 205 g/mol. The molecule has 0 bridgehead atoms. The summed E-state index contributed by atoms with van der Waals surface area (Å²) in [5.74, 6) is 0. The average molecular weight is 205 g/mol. The molecule has 0 saturated heterocycles. The highest BCUT2D eigenvalue weighted by Gasteiger charge is 2.07. The van der Waals surface area contributed by atoms with E-state index in [-0.39, 0.29) is 5.69 Å². The highest BCUT2D eigenvalue weighted by Crippen LogP contribution is 2.21. The van der Waals surface area contributed by atoms with E-state index in [1.807, 2.05) is 6.07 Å². The number of benzene rings is 1. The number of non-ortho nitro benzene ring substituents is 1. The van der Waals surface area contributed by atoms with E-state index in [1.165, 1.54) is 6.07 Å². The summed E-state index contributed by atoms with van der Waals surface area (Å²) in [6.45, 7) is 0.564. The minimum Gasteiger partial charge on any atom is -0.358 e. The van der Waals surface area contributed by atoms with Crippen LogP contribution in [0.5, 0.6) is 0 Å². The number of aromatic nitrogens is 1. The molecule has 2 rings (SSSR count). The van der Waals surface area contributed by atoms with Crippen LogP contribution < -0.4 is 5.73 Å². The lowest BCUT2D eigenvalue weighted by Crippen LogP contribution is -2.02. The van der Waals surface area contributed by atoms with Crippen molar-refractivity contribution >= 4 is 16.6 Å². The van der Waals surface area contributed by atoms with Crippen molar-refractivity contribution in [3.05, 3.63) is 40.1 Å². The van der Waals surface area contributed by atoms with Crippen LogP contribution in [-0.2, 0) is 6.42 Å². The molecule has 0 radical (unpaired) electrons. The van der Waals surface area contributed by atoms with Crippen molar-refractivity contribution in [3.63, 3.8) is 0 Å². The Labute approximate surface area is 86.0 Å². The smallest absolute Gasteiger partial charge is 0.270 e. The van der Waals surface area contributed by atoms with E-state index in [1.54, 1.807) is 12.1 Å². The Hall–Kier alpha value is -1.88. The zero-order chi connectivity index (χ0) is 10.8. The van der Waals surface area contributed by atoms with Gasteiger partial charge in [-0.2, -0.15) is 0 Å². The summed E-state index contributed by atoms with van der Waals surface area (Å²) < 4.78 is 0. The lowest BCUT2D eigenvalue weighted by atomic mass is 10.2. The molecule has 0 amide bonds. The summed E-state index contributed by atoms with van der Waals surface area (Å²) in [5.41, 5.74) is 7.46. The van der Waals surface area contributed by atoms with Gasteiger partial charge in [-0.3, -0.25) is 10.1 Å². The molecular formula is C10H11N3O2. The van der Waals surface area contributed by atoms with Crippen molar-refractivity contribution in [1.29, 1.82) is 0 Å². The third-order valence-electron chi connectivity index (χ3n) is 2.28. The Morgan fingerprint density at radius 2 is 2.20 bits per heavy atom. The first-order chi connectivity index (χ1) is 7.20. The van der Waals surface area contributed by atoms with Crippen molar-refractivity contribution in [2.45, 2.75) is 6.42 Å². The molecule has 1 aromatic heterocycles. The SMILES string of the molecule is NCCc1cc2cc([N+](=O)[O-])ccc2[nH]1. The number of H-pyrrole nitrogens is 1. The number of rotatable bonds is 3. The molecule has 0 spiro atoms. The Kier molecular flexibility index (Phi) is 2.39. The van der Waals surface area contributed by atoms with Gasteiger partial charge in [0.2, 0.25) is 0 Å². The fraction of sp³-hybridized carbons (Fsp3) is 0.200. The van der Waals surface area contributed by atoms with Crippen molar-refractivity contribution < 1.29 is 4.92 Å². The first kappa shape index (κ1) is 9.67. The molecule has 0 atom stereocenters. The van der Waals surface area contributed by atoms with Crippen LogP contribution in [0, 0.1) is 10.1 Å². The largest absolute Gasteiger partial charge is 0.358 e. The molecule has 0 saturated carbocycles. The van der Waals surface area contributed by atoms with Crippen LogP contribution in [0.4, 0.5) is 5.69 Å². The van der Waals surface area contributed by atoms with Gasteiger partial charge in [0.1, 0.15) is 0 Å². The van der Waals surface area contributed by atoms with Gasteiger partial charge < -0.3 is 10.7 Å². The molecule has 5 nitrogen and oxygen atoms in total. The Balaban J connectivity index is 2.47. The topological polar surface area (TPSA) is 84.9 Å². The van der Waals surface area contributed by atoms with Crippen LogP contribution in [0.15, 0.2) is 24.3 Å². The summed E-state index contributed by atoms with van der Waals surface area (Å²) >= 11 is 0. The molecule has 15 heavy (non-hydrogen) atoms. The van der Waals surface area contributed by atoms with Gasteiger partial charge in [-0.15, -0.1) is 0 Å². The van der Waals surface area contributed by atoms with Crippen molar-refractivity contribution in [1.82, 2.24) is 4.98 Å². The van der Waals surface area contributed by atoms with Crippen molar-refractivity contribution in [2.24, 2.45) is 5.73 Å². The quantitative estimate of drug-likeness (QED) is 0.589. The zero-order valence-electron chi connectivity index (χ0n) is 8.06. The third-order valence-corrected chi connectivity index (χ3v) is 2.28. The van der Waals surface area contributed by atoms with Gasteiger partial charge in [0, 0.05) is 28.7 Å². The van der Waals surface area contributed by atoms with E-state index in [9.17, 15) is 10.1 Å². The van der Waals surface area contributed by atoms with Crippen LogP contribution in [0.25, 0.3) is 10.9 Å². The van der Waals surface area contributed by atoms with E-state index >= 15 is 0 Å². The van der Waals surface area contributed by atoms with Crippen LogP contribution in [0.1, 0.15) is 5.69 Å². The van der Waals surface area contributed by atoms with Gasteiger partial charge in [-0.25, -0.2) is 0 Å². The number of hydrogen-bond acceptors (Lipinski definition) is 3. The van der Waals surface area contributed by atoms with Gasteiger partial charge in [-0.05, 0) is 25.1 Å². The molecule has 5 heteroatoms. The lowest BCUT2D eigenvalue weighted by molar-refractivity contribution is -0.384. The number of nitrogens with zero attached hydrogens (tertiary/aromatic N) is 1. The molecule has 0 aliphatic rings. The Morgan fingerprint density at radius 3 is 2.87 bits per heavy atom. The molecular weight excluding hydrogens is 194 g/mol. The van der Waals surface area contributed by atoms with Crippen LogP contribution in [-0.4, -0.2) is 16.5 Å². The van der Waals surface area contributed by atoms with E-state index < -0.39 is 4.92 Å². The minimum absolute atomic E-state index is 0.112. The molecule has 0 aliphatic carbocycles. The van der Waals surface area contributed by atoms with Crippen molar-refractivity contribution in [2.75, 3.05) is 6.54 Å². The predicted octanol–water partition coefficient (Wildman–Crippen LogP) is 1.58. The van der Waals surface area contributed by atoms with Gasteiger partial charge >= 0.3 is 0 Å². The molecule has 0 aliphatic heterocycles. The number of nitrogens with one attached hydrogen (secondary N) is 1. The maximum atomic E-state index is 10.6. The summed E-state index contributed by atoms with van der Waals surface area (Å²) in [6, 6.07) is 6.67. The fourth-order valence-electron chi connectivity index (χ4n) is 1.58. The summed E-state index contributed by atoms with van der Waals surface area (Å²) in [6.07, 6.45) is 0.752. The number of nitrogens with two attached hydrogens (primary N) is 1. The first-order valence-electron chi connectivity index (χ1n) is 4.67.